The Morgan fingerprint density at radius 3 is 2.29 bits per heavy atom. The molecular formula is C25H42O3. The Bertz CT molecular complexity index is 599. The van der Waals surface area contributed by atoms with Crippen molar-refractivity contribution in [2.45, 2.75) is 98.8 Å². The highest BCUT2D eigenvalue weighted by Gasteiger charge is 2.64. The van der Waals surface area contributed by atoms with Crippen molar-refractivity contribution < 1.29 is 14.7 Å². The number of carbonyl (C=O) groups is 2. The van der Waals surface area contributed by atoms with E-state index in [0.717, 1.165) is 32.1 Å². The molecule has 3 heteroatoms. The molecule has 0 bridgehead atoms. The van der Waals surface area contributed by atoms with E-state index in [0.29, 0.717) is 29.0 Å². The van der Waals surface area contributed by atoms with Crippen LogP contribution >= 0.6 is 0 Å². The van der Waals surface area contributed by atoms with Gasteiger partial charge in [-0.05, 0) is 79.4 Å². The van der Waals surface area contributed by atoms with Crippen LogP contribution in [0.4, 0.5) is 0 Å². The van der Waals surface area contributed by atoms with Crippen molar-refractivity contribution >= 4 is 11.8 Å². The summed E-state index contributed by atoms with van der Waals surface area (Å²) in [5.74, 6) is 2.18. The Morgan fingerprint density at radius 2 is 1.64 bits per heavy atom. The van der Waals surface area contributed by atoms with Crippen LogP contribution < -0.4 is 0 Å². The minimum atomic E-state index is -0.667. The second-order valence-corrected chi connectivity index (χ2v) is 10.4. The molecule has 1 N–H and O–H groups in total. The van der Waals surface area contributed by atoms with E-state index < -0.39 is 5.97 Å². The van der Waals surface area contributed by atoms with Gasteiger partial charge < -0.3 is 5.11 Å². The van der Waals surface area contributed by atoms with Gasteiger partial charge in [-0.25, -0.2) is 0 Å². The summed E-state index contributed by atoms with van der Waals surface area (Å²) in [4.78, 5) is 25.1. The molecule has 4 aliphatic carbocycles. The van der Waals surface area contributed by atoms with Crippen LogP contribution in [0.15, 0.2) is 0 Å². The molecule has 0 aromatic carbocycles. The summed E-state index contributed by atoms with van der Waals surface area (Å²) in [6, 6.07) is 0. The summed E-state index contributed by atoms with van der Waals surface area (Å²) < 4.78 is 0. The van der Waals surface area contributed by atoms with Crippen LogP contribution in [0.3, 0.4) is 0 Å². The van der Waals surface area contributed by atoms with Crippen molar-refractivity contribution in [2.24, 2.45) is 46.3 Å². The number of carboxylic acids is 1. The van der Waals surface area contributed by atoms with Crippen molar-refractivity contribution in [1.29, 1.82) is 0 Å². The Balaban J connectivity index is 0.00000109. The fourth-order valence-corrected chi connectivity index (χ4v) is 8.37. The predicted molar refractivity (Wildman–Crippen MR) is 113 cm³/mol. The fourth-order valence-electron chi connectivity index (χ4n) is 8.37. The molecule has 28 heavy (non-hydrogen) atoms. The molecule has 0 amide bonds. The third kappa shape index (κ3) is 3.16. The van der Waals surface area contributed by atoms with Gasteiger partial charge in [0.25, 0.3) is 0 Å². The van der Waals surface area contributed by atoms with Crippen LogP contribution in [0.5, 0.6) is 0 Å². The number of rotatable bonds is 3. The van der Waals surface area contributed by atoms with Gasteiger partial charge in [0, 0.05) is 18.3 Å². The maximum atomic E-state index is 13.7. The third-order valence-electron chi connectivity index (χ3n) is 9.68. The lowest BCUT2D eigenvalue weighted by Gasteiger charge is -2.61. The van der Waals surface area contributed by atoms with Gasteiger partial charge >= 0.3 is 5.97 Å². The van der Waals surface area contributed by atoms with Crippen LogP contribution in [0.2, 0.25) is 0 Å². The van der Waals surface area contributed by atoms with E-state index in [1.807, 2.05) is 13.8 Å². The van der Waals surface area contributed by atoms with Crippen molar-refractivity contribution in [2.75, 3.05) is 0 Å². The van der Waals surface area contributed by atoms with E-state index in [1.165, 1.54) is 25.7 Å². The Kier molecular flexibility index (Phi) is 6.32. The van der Waals surface area contributed by atoms with Gasteiger partial charge in [-0.2, -0.15) is 0 Å². The van der Waals surface area contributed by atoms with Crippen molar-refractivity contribution in [3.63, 3.8) is 0 Å². The number of ketones is 1. The first-order chi connectivity index (χ1) is 13.3. The Morgan fingerprint density at radius 1 is 0.964 bits per heavy atom. The maximum absolute atomic E-state index is 13.7. The molecule has 0 radical (unpaired) electrons. The first-order valence-electron chi connectivity index (χ1n) is 12.1. The molecule has 4 saturated carbocycles. The standard InChI is InChI=1S/C23H36O3.C2H6/c1-4-15-16-7-5-6-11-23(16,3)18-10-12-22(2)14(13-19(24)25)8-9-17(22)20(18)21(15)26;1-2/h14-18,20H,4-13H2,1-3H3,(H,24,25);1-2H3. The summed E-state index contributed by atoms with van der Waals surface area (Å²) in [5.41, 5.74) is 0.398. The maximum Gasteiger partial charge on any atom is 0.303 e. The third-order valence-corrected chi connectivity index (χ3v) is 9.68. The predicted octanol–water partition coefficient (Wildman–Crippen LogP) is 6.35. The van der Waals surface area contributed by atoms with Crippen molar-refractivity contribution in [1.82, 2.24) is 0 Å². The molecule has 4 fully saturated rings. The summed E-state index contributed by atoms with van der Waals surface area (Å²) in [5, 5.41) is 9.37. The quantitative estimate of drug-likeness (QED) is 0.610. The van der Waals surface area contributed by atoms with Crippen LogP contribution in [-0.2, 0) is 9.59 Å². The van der Waals surface area contributed by atoms with Gasteiger partial charge in [0.15, 0.2) is 0 Å². The van der Waals surface area contributed by atoms with Crippen molar-refractivity contribution in [3.05, 3.63) is 0 Å². The Labute approximate surface area is 172 Å². The molecule has 0 saturated heterocycles. The van der Waals surface area contributed by atoms with E-state index in [1.54, 1.807) is 0 Å². The Hall–Kier alpha value is -0.860. The van der Waals surface area contributed by atoms with Crippen LogP contribution in [-0.4, -0.2) is 16.9 Å². The molecule has 0 aromatic rings. The molecule has 160 valence electrons. The minimum absolute atomic E-state index is 0.0609. The zero-order valence-corrected chi connectivity index (χ0v) is 18.8. The van der Waals surface area contributed by atoms with E-state index in [2.05, 4.69) is 20.8 Å². The molecule has 0 aliphatic heterocycles. The molecule has 0 heterocycles. The number of Topliss-reactive ketones (excluding diaryl/α,β-unsaturated/α-hetero) is 1. The topological polar surface area (TPSA) is 54.4 Å². The lowest BCUT2D eigenvalue weighted by molar-refractivity contribution is -0.167. The zero-order valence-electron chi connectivity index (χ0n) is 18.8. The van der Waals surface area contributed by atoms with Crippen LogP contribution in [0.25, 0.3) is 0 Å². The number of aliphatic carboxylic acids is 1. The average Bonchev–Trinajstić information content (AvgIpc) is 3.00. The number of fused-ring (bicyclic) bond motifs is 5. The highest BCUT2D eigenvalue weighted by Crippen LogP contribution is 2.68. The summed E-state index contributed by atoms with van der Waals surface area (Å²) in [6.07, 6.45) is 10.8. The fraction of sp³-hybridized carbons (Fsp3) is 0.920. The zero-order chi connectivity index (χ0) is 20.7. The number of hydrogen-bond acceptors (Lipinski definition) is 2. The molecule has 4 aliphatic rings. The number of hydrogen-bond donors (Lipinski definition) is 1. The largest absolute Gasteiger partial charge is 0.481 e. The van der Waals surface area contributed by atoms with Crippen LogP contribution in [0, 0.1) is 46.3 Å². The van der Waals surface area contributed by atoms with E-state index >= 15 is 0 Å². The van der Waals surface area contributed by atoms with Gasteiger partial charge in [-0.1, -0.05) is 47.5 Å². The molecule has 8 unspecified atom stereocenters. The average molecular weight is 391 g/mol. The molecule has 0 spiro atoms. The monoisotopic (exact) mass is 390 g/mol. The molecular weight excluding hydrogens is 348 g/mol. The molecule has 4 rings (SSSR count). The first kappa shape index (κ1) is 21.8. The number of carboxylic acid groups (broad SMARTS) is 1. The second-order valence-electron chi connectivity index (χ2n) is 10.4. The second kappa shape index (κ2) is 8.11. The minimum Gasteiger partial charge on any atom is -0.481 e. The number of carbonyl (C=O) groups excluding carboxylic acids is 1. The molecule has 0 aromatic heterocycles. The van der Waals surface area contributed by atoms with Gasteiger partial charge in [-0.3, -0.25) is 9.59 Å². The summed E-state index contributed by atoms with van der Waals surface area (Å²) in [7, 11) is 0. The van der Waals surface area contributed by atoms with Gasteiger partial charge in [0.1, 0.15) is 5.78 Å². The summed E-state index contributed by atoms with van der Waals surface area (Å²) >= 11 is 0. The SMILES string of the molecule is CC.CCC1C(=O)C2C3CCC(CC(=O)O)C3(C)CCC2C2(C)CCCCC12. The first-order valence-corrected chi connectivity index (χ1v) is 12.1. The van der Waals surface area contributed by atoms with Gasteiger partial charge in [0.05, 0.1) is 0 Å². The van der Waals surface area contributed by atoms with Crippen molar-refractivity contribution in [3.8, 4) is 0 Å². The smallest absolute Gasteiger partial charge is 0.303 e. The van der Waals surface area contributed by atoms with E-state index in [9.17, 15) is 14.7 Å². The van der Waals surface area contributed by atoms with E-state index in [-0.39, 0.29) is 29.6 Å². The van der Waals surface area contributed by atoms with Gasteiger partial charge in [0.2, 0.25) is 0 Å². The lowest BCUT2D eigenvalue weighted by atomic mass is 9.42. The van der Waals surface area contributed by atoms with E-state index in [4.69, 9.17) is 0 Å². The molecule has 3 nitrogen and oxygen atoms in total. The molecule has 8 atom stereocenters. The highest BCUT2D eigenvalue weighted by atomic mass is 16.4. The van der Waals surface area contributed by atoms with Gasteiger partial charge in [-0.15, -0.1) is 0 Å². The lowest BCUT2D eigenvalue weighted by Crippen LogP contribution is -2.59. The highest BCUT2D eigenvalue weighted by molar-refractivity contribution is 5.86. The summed E-state index contributed by atoms with van der Waals surface area (Å²) in [6.45, 7) is 11.0. The normalized spacial score (nSPS) is 47.2. The van der Waals surface area contributed by atoms with Crippen LogP contribution in [0.1, 0.15) is 98.8 Å².